The van der Waals surface area contributed by atoms with E-state index in [4.69, 9.17) is 31.0 Å². The number of nitrogens with zero attached hydrogens (tertiary/aromatic N) is 4. The molecule has 1 fully saturated rings. The summed E-state index contributed by atoms with van der Waals surface area (Å²) in [4.78, 5) is 22.0. The van der Waals surface area contributed by atoms with Crippen LogP contribution in [0.5, 0.6) is 0 Å². The molecule has 6 rings (SSSR count). The van der Waals surface area contributed by atoms with Gasteiger partial charge in [0, 0.05) is 11.6 Å². The first kappa shape index (κ1) is 26.7. The SMILES string of the molecule is O=C(OC[C@@H]1CC[C@H](n2ncc3c(NCc4ccccc4Cl)nc(/C=C/c4ccccc4)nc32)O1)c1ccccc1. The minimum atomic E-state index is -0.362. The van der Waals surface area contributed by atoms with Crippen LogP contribution in [0.25, 0.3) is 23.2 Å². The van der Waals surface area contributed by atoms with Gasteiger partial charge in [0.15, 0.2) is 17.7 Å². The highest BCUT2D eigenvalue weighted by atomic mass is 35.5. The predicted octanol–water partition coefficient (Wildman–Crippen LogP) is 6.80. The molecule has 3 heterocycles. The smallest absolute Gasteiger partial charge is 0.338 e. The van der Waals surface area contributed by atoms with E-state index in [-0.39, 0.29) is 24.9 Å². The third-order valence-electron chi connectivity index (χ3n) is 6.87. The molecule has 1 aliphatic heterocycles. The van der Waals surface area contributed by atoms with Crippen molar-refractivity contribution in [3.05, 3.63) is 119 Å². The molecule has 41 heavy (non-hydrogen) atoms. The Morgan fingerprint density at radius 1 is 0.976 bits per heavy atom. The first-order valence-corrected chi connectivity index (χ1v) is 13.8. The van der Waals surface area contributed by atoms with Crippen molar-refractivity contribution in [2.24, 2.45) is 0 Å². The van der Waals surface area contributed by atoms with Crippen molar-refractivity contribution in [2.75, 3.05) is 11.9 Å². The Balaban J connectivity index is 1.23. The number of nitrogens with one attached hydrogen (secondary N) is 1. The van der Waals surface area contributed by atoms with Crippen molar-refractivity contribution in [3.63, 3.8) is 0 Å². The maximum atomic E-state index is 12.4. The lowest BCUT2D eigenvalue weighted by atomic mass is 10.2. The molecule has 8 nitrogen and oxygen atoms in total. The zero-order valence-corrected chi connectivity index (χ0v) is 22.9. The minimum Gasteiger partial charge on any atom is -0.459 e. The standard InChI is InChI=1S/C32H28ClN5O3/c33-27-14-8-7-13-24(27)19-34-30-26-20-35-38(31(26)37-28(36-30)17-15-22-9-3-1-4-10-22)29-18-16-25(41-29)21-40-32(39)23-11-5-2-6-12-23/h1-15,17,20,25,29H,16,18-19,21H2,(H,34,36,37)/b17-15+/t25-,29+/m0/s1. The average molecular weight is 566 g/mol. The van der Waals surface area contributed by atoms with Gasteiger partial charge in [0.05, 0.1) is 23.3 Å². The summed E-state index contributed by atoms with van der Waals surface area (Å²) in [6.07, 6.45) is 6.48. The lowest BCUT2D eigenvalue weighted by Crippen LogP contribution is -2.20. The van der Waals surface area contributed by atoms with E-state index in [1.165, 1.54) is 0 Å². The predicted molar refractivity (Wildman–Crippen MR) is 159 cm³/mol. The number of aromatic nitrogens is 4. The summed E-state index contributed by atoms with van der Waals surface area (Å²) >= 11 is 6.39. The van der Waals surface area contributed by atoms with Crippen molar-refractivity contribution in [1.82, 2.24) is 19.7 Å². The molecule has 0 radical (unpaired) electrons. The van der Waals surface area contributed by atoms with Gasteiger partial charge in [-0.15, -0.1) is 0 Å². The Kier molecular flexibility index (Phi) is 8.02. The van der Waals surface area contributed by atoms with Gasteiger partial charge in [0.25, 0.3) is 0 Å². The molecule has 0 spiro atoms. The van der Waals surface area contributed by atoms with Crippen LogP contribution in [-0.2, 0) is 16.0 Å². The molecule has 1 N–H and O–H groups in total. The van der Waals surface area contributed by atoms with E-state index < -0.39 is 0 Å². The van der Waals surface area contributed by atoms with Gasteiger partial charge in [-0.05, 0) is 48.2 Å². The molecule has 206 valence electrons. The average Bonchev–Trinajstić information content (AvgIpc) is 3.66. The van der Waals surface area contributed by atoms with E-state index in [0.717, 1.165) is 22.9 Å². The van der Waals surface area contributed by atoms with Crippen molar-refractivity contribution >= 4 is 46.6 Å². The third-order valence-corrected chi connectivity index (χ3v) is 7.24. The molecule has 2 atom stereocenters. The quantitative estimate of drug-likeness (QED) is 0.197. The van der Waals surface area contributed by atoms with E-state index in [1.54, 1.807) is 23.0 Å². The first-order chi connectivity index (χ1) is 20.1. The number of hydrogen-bond acceptors (Lipinski definition) is 7. The van der Waals surface area contributed by atoms with Crippen LogP contribution in [0.15, 0.2) is 91.1 Å². The van der Waals surface area contributed by atoms with Crippen LogP contribution in [0, 0.1) is 0 Å². The second kappa shape index (κ2) is 12.3. The highest BCUT2D eigenvalue weighted by molar-refractivity contribution is 6.31. The molecule has 0 aliphatic carbocycles. The van der Waals surface area contributed by atoms with Crippen LogP contribution in [0.2, 0.25) is 5.02 Å². The first-order valence-electron chi connectivity index (χ1n) is 13.5. The number of rotatable bonds is 9. The second-order valence-corrected chi connectivity index (χ2v) is 10.1. The number of ether oxygens (including phenoxy) is 2. The number of anilines is 1. The van der Waals surface area contributed by atoms with Crippen LogP contribution < -0.4 is 5.32 Å². The highest BCUT2D eigenvalue weighted by Gasteiger charge is 2.30. The van der Waals surface area contributed by atoms with Gasteiger partial charge in [-0.25, -0.2) is 19.4 Å². The van der Waals surface area contributed by atoms with Gasteiger partial charge >= 0.3 is 5.97 Å². The molecular weight excluding hydrogens is 538 g/mol. The van der Waals surface area contributed by atoms with E-state index in [1.807, 2.05) is 84.9 Å². The summed E-state index contributed by atoms with van der Waals surface area (Å²) in [5, 5.41) is 9.52. The lowest BCUT2D eigenvalue weighted by molar-refractivity contribution is -0.0353. The molecular formula is C32H28ClN5O3. The van der Waals surface area contributed by atoms with Gasteiger partial charge in [0.1, 0.15) is 12.4 Å². The van der Waals surface area contributed by atoms with Gasteiger partial charge in [-0.2, -0.15) is 5.10 Å². The van der Waals surface area contributed by atoms with Crippen LogP contribution in [0.3, 0.4) is 0 Å². The van der Waals surface area contributed by atoms with E-state index in [0.29, 0.717) is 40.8 Å². The largest absolute Gasteiger partial charge is 0.459 e. The minimum absolute atomic E-state index is 0.175. The van der Waals surface area contributed by atoms with Crippen molar-refractivity contribution < 1.29 is 14.3 Å². The summed E-state index contributed by atoms with van der Waals surface area (Å²) < 4.78 is 13.6. The summed E-state index contributed by atoms with van der Waals surface area (Å²) in [5.74, 6) is 0.829. The van der Waals surface area contributed by atoms with E-state index in [9.17, 15) is 4.79 Å². The molecule has 2 aromatic heterocycles. The number of halogens is 1. The molecule has 1 aliphatic rings. The topological polar surface area (TPSA) is 91.2 Å². The van der Waals surface area contributed by atoms with Gasteiger partial charge in [-0.1, -0.05) is 84.4 Å². The monoisotopic (exact) mass is 565 g/mol. The normalized spacial score (nSPS) is 16.8. The highest BCUT2D eigenvalue weighted by Crippen LogP contribution is 2.32. The fourth-order valence-electron chi connectivity index (χ4n) is 4.73. The zero-order chi connectivity index (χ0) is 28.0. The Bertz CT molecular complexity index is 1670. The van der Waals surface area contributed by atoms with Gasteiger partial charge < -0.3 is 14.8 Å². The van der Waals surface area contributed by atoms with Crippen LogP contribution in [-0.4, -0.2) is 38.4 Å². The van der Waals surface area contributed by atoms with Crippen LogP contribution in [0.4, 0.5) is 5.82 Å². The fourth-order valence-corrected chi connectivity index (χ4v) is 4.94. The van der Waals surface area contributed by atoms with E-state index in [2.05, 4.69) is 10.4 Å². The van der Waals surface area contributed by atoms with Crippen LogP contribution >= 0.6 is 11.6 Å². The molecule has 1 saturated heterocycles. The third kappa shape index (κ3) is 6.29. The zero-order valence-electron chi connectivity index (χ0n) is 22.2. The number of fused-ring (bicyclic) bond motifs is 1. The Hall–Kier alpha value is -4.53. The number of carbonyl (C=O) groups excluding carboxylic acids is 1. The molecule has 5 aromatic rings. The van der Waals surface area contributed by atoms with Crippen LogP contribution in [0.1, 0.15) is 46.4 Å². The summed E-state index contributed by atoms with van der Waals surface area (Å²) in [6, 6.07) is 26.6. The summed E-state index contributed by atoms with van der Waals surface area (Å²) in [6.45, 7) is 0.668. The summed E-state index contributed by atoms with van der Waals surface area (Å²) in [5.41, 5.74) is 3.18. The van der Waals surface area contributed by atoms with Gasteiger partial charge in [0.2, 0.25) is 0 Å². The molecule has 0 unspecified atom stereocenters. The number of benzene rings is 3. The molecule has 3 aromatic carbocycles. The molecule has 0 bridgehead atoms. The van der Waals surface area contributed by atoms with Crippen molar-refractivity contribution in [2.45, 2.75) is 31.7 Å². The number of carbonyl (C=O) groups is 1. The van der Waals surface area contributed by atoms with Crippen molar-refractivity contribution in [1.29, 1.82) is 0 Å². The van der Waals surface area contributed by atoms with Crippen molar-refractivity contribution in [3.8, 4) is 0 Å². The van der Waals surface area contributed by atoms with Gasteiger partial charge in [-0.3, -0.25) is 0 Å². The summed E-state index contributed by atoms with van der Waals surface area (Å²) in [7, 11) is 0. The lowest BCUT2D eigenvalue weighted by Gasteiger charge is -2.15. The fraction of sp³-hybridized carbons (Fsp3) is 0.188. The maximum Gasteiger partial charge on any atom is 0.338 e. The second-order valence-electron chi connectivity index (χ2n) is 9.70. The maximum absolute atomic E-state index is 12.4. The van der Waals surface area contributed by atoms with E-state index >= 15 is 0 Å². The Morgan fingerprint density at radius 2 is 1.73 bits per heavy atom. The number of esters is 1. The molecule has 0 saturated carbocycles. The Morgan fingerprint density at radius 3 is 2.54 bits per heavy atom. The molecule has 9 heteroatoms. The molecule has 0 amide bonds. The number of hydrogen-bond donors (Lipinski definition) is 1. The Labute approximate surface area is 242 Å².